The highest BCUT2D eigenvalue weighted by Crippen LogP contribution is 2.14. The Morgan fingerprint density at radius 3 is 2.40 bits per heavy atom. The third-order valence-electron chi connectivity index (χ3n) is 5.03. The lowest BCUT2D eigenvalue weighted by Gasteiger charge is -2.35. The summed E-state index contributed by atoms with van der Waals surface area (Å²) in [6, 6.07) is 7.95. The first-order chi connectivity index (χ1) is 12.1. The standard InChI is InChI=1S/C19H26ClN3O2/c20-17-7-5-16(6-8-17)15-21-11-13-23(14-12-21)19(25)4-2-10-22-9-1-3-18(22)24/h5-8H,1-4,9-15H2. The molecule has 0 unspecified atom stereocenters. The Balaban J connectivity index is 1.35. The predicted molar refractivity (Wildman–Crippen MR) is 98.4 cm³/mol. The molecule has 0 saturated carbocycles. The van der Waals surface area contributed by atoms with Crippen LogP contribution in [0.2, 0.25) is 5.02 Å². The molecule has 0 N–H and O–H groups in total. The lowest BCUT2D eigenvalue weighted by molar-refractivity contribution is -0.134. The van der Waals surface area contributed by atoms with Crippen LogP contribution >= 0.6 is 11.6 Å². The van der Waals surface area contributed by atoms with Crippen molar-refractivity contribution in [2.45, 2.75) is 32.2 Å². The van der Waals surface area contributed by atoms with E-state index in [1.165, 1.54) is 5.56 Å². The Morgan fingerprint density at radius 2 is 1.76 bits per heavy atom. The summed E-state index contributed by atoms with van der Waals surface area (Å²) in [4.78, 5) is 30.1. The third kappa shape index (κ3) is 5.19. The lowest BCUT2D eigenvalue weighted by atomic mass is 10.2. The largest absolute Gasteiger partial charge is 0.343 e. The van der Waals surface area contributed by atoms with Crippen LogP contribution in [0.3, 0.4) is 0 Å². The molecule has 0 spiro atoms. The van der Waals surface area contributed by atoms with Gasteiger partial charge in [0, 0.05) is 63.7 Å². The van der Waals surface area contributed by atoms with Gasteiger partial charge in [-0.2, -0.15) is 0 Å². The molecule has 0 radical (unpaired) electrons. The number of piperazine rings is 1. The maximum absolute atomic E-state index is 12.3. The molecule has 1 aromatic carbocycles. The Hall–Kier alpha value is -1.59. The Labute approximate surface area is 154 Å². The van der Waals surface area contributed by atoms with E-state index in [1.54, 1.807) is 0 Å². The second-order valence-electron chi connectivity index (χ2n) is 6.87. The average molecular weight is 364 g/mol. The smallest absolute Gasteiger partial charge is 0.222 e. The van der Waals surface area contributed by atoms with Crippen LogP contribution < -0.4 is 0 Å². The summed E-state index contributed by atoms with van der Waals surface area (Å²) in [5, 5.41) is 0.759. The second kappa shape index (κ2) is 8.68. The summed E-state index contributed by atoms with van der Waals surface area (Å²) in [6.45, 7) is 5.86. The van der Waals surface area contributed by atoms with Crippen molar-refractivity contribution < 1.29 is 9.59 Å². The number of hydrogen-bond acceptors (Lipinski definition) is 3. The molecule has 2 heterocycles. The fourth-order valence-electron chi connectivity index (χ4n) is 3.52. The monoisotopic (exact) mass is 363 g/mol. The topological polar surface area (TPSA) is 43.9 Å². The number of likely N-dealkylation sites (tertiary alicyclic amines) is 1. The molecule has 25 heavy (non-hydrogen) atoms. The van der Waals surface area contributed by atoms with E-state index in [-0.39, 0.29) is 11.8 Å². The SMILES string of the molecule is O=C1CCCN1CCCC(=O)N1CCN(Cc2ccc(Cl)cc2)CC1. The van der Waals surface area contributed by atoms with E-state index in [2.05, 4.69) is 17.0 Å². The van der Waals surface area contributed by atoms with Crippen molar-refractivity contribution in [2.24, 2.45) is 0 Å². The van der Waals surface area contributed by atoms with Crippen LogP contribution in [0, 0.1) is 0 Å². The molecular weight excluding hydrogens is 338 g/mol. The summed E-state index contributed by atoms with van der Waals surface area (Å²) >= 11 is 5.92. The molecule has 2 amide bonds. The van der Waals surface area contributed by atoms with Gasteiger partial charge in [0.05, 0.1) is 0 Å². The quantitative estimate of drug-likeness (QED) is 0.779. The van der Waals surface area contributed by atoms with E-state index >= 15 is 0 Å². The van der Waals surface area contributed by atoms with Gasteiger partial charge in [-0.1, -0.05) is 23.7 Å². The number of hydrogen-bond donors (Lipinski definition) is 0. The van der Waals surface area contributed by atoms with Gasteiger partial charge >= 0.3 is 0 Å². The first kappa shape index (κ1) is 18.2. The van der Waals surface area contributed by atoms with Gasteiger partial charge in [0.1, 0.15) is 0 Å². The number of carbonyl (C=O) groups excluding carboxylic acids is 2. The molecule has 0 aliphatic carbocycles. The summed E-state index contributed by atoms with van der Waals surface area (Å²) in [5.41, 5.74) is 1.25. The molecule has 0 atom stereocenters. The number of rotatable bonds is 6. The van der Waals surface area contributed by atoms with Gasteiger partial charge < -0.3 is 9.80 Å². The van der Waals surface area contributed by atoms with Crippen molar-refractivity contribution in [3.63, 3.8) is 0 Å². The number of benzene rings is 1. The number of halogens is 1. The predicted octanol–water partition coefficient (Wildman–Crippen LogP) is 2.39. The van der Waals surface area contributed by atoms with E-state index < -0.39 is 0 Å². The zero-order valence-corrected chi connectivity index (χ0v) is 15.4. The second-order valence-corrected chi connectivity index (χ2v) is 7.31. The van der Waals surface area contributed by atoms with Crippen molar-refractivity contribution in [3.8, 4) is 0 Å². The van der Waals surface area contributed by atoms with Gasteiger partial charge in [-0.15, -0.1) is 0 Å². The molecule has 0 aromatic heterocycles. The van der Waals surface area contributed by atoms with Gasteiger partial charge in [0.15, 0.2) is 0 Å². The maximum atomic E-state index is 12.3. The van der Waals surface area contributed by atoms with E-state index in [4.69, 9.17) is 11.6 Å². The molecule has 5 nitrogen and oxygen atoms in total. The number of carbonyl (C=O) groups is 2. The molecule has 1 aromatic rings. The molecule has 2 saturated heterocycles. The Morgan fingerprint density at radius 1 is 1.04 bits per heavy atom. The first-order valence-electron chi connectivity index (χ1n) is 9.14. The van der Waals surface area contributed by atoms with Crippen molar-refractivity contribution >= 4 is 23.4 Å². The summed E-state index contributed by atoms with van der Waals surface area (Å²) < 4.78 is 0. The fourth-order valence-corrected chi connectivity index (χ4v) is 3.65. The Bertz CT molecular complexity index is 597. The summed E-state index contributed by atoms with van der Waals surface area (Å²) in [7, 11) is 0. The van der Waals surface area contributed by atoms with E-state index in [0.717, 1.165) is 63.7 Å². The normalized spacial score (nSPS) is 18.8. The van der Waals surface area contributed by atoms with Gasteiger partial charge in [-0.05, 0) is 30.5 Å². The van der Waals surface area contributed by atoms with Crippen LogP contribution in [-0.4, -0.2) is 65.8 Å². The maximum Gasteiger partial charge on any atom is 0.222 e. The zero-order chi connectivity index (χ0) is 17.6. The van der Waals surface area contributed by atoms with Crippen molar-refractivity contribution in [1.29, 1.82) is 0 Å². The number of amides is 2. The van der Waals surface area contributed by atoms with Crippen molar-refractivity contribution in [3.05, 3.63) is 34.9 Å². The van der Waals surface area contributed by atoms with E-state index in [0.29, 0.717) is 12.8 Å². The van der Waals surface area contributed by atoms with Gasteiger partial charge in [-0.25, -0.2) is 0 Å². The average Bonchev–Trinajstić information content (AvgIpc) is 3.02. The molecule has 136 valence electrons. The molecular formula is C19H26ClN3O2. The molecule has 0 bridgehead atoms. The van der Waals surface area contributed by atoms with Crippen molar-refractivity contribution in [1.82, 2.24) is 14.7 Å². The highest BCUT2D eigenvalue weighted by molar-refractivity contribution is 6.30. The van der Waals surface area contributed by atoms with Gasteiger partial charge in [0.25, 0.3) is 0 Å². The summed E-state index contributed by atoms with van der Waals surface area (Å²) in [6.07, 6.45) is 2.95. The minimum Gasteiger partial charge on any atom is -0.343 e. The summed E-state index contributed by atoms with van der Waals surface area (Å²) in [5.74, 6) is 0.459. The van der Waals surface area contributed by atoms with Crippen LogP contribution in [0.1, 0.15) is 31.2 Å². The van der Waals surface area contributed by atoms with Crippen molar-refractivity contribution in [2.75, 3.05) is 39.3 Å². The molecule has 6 heteroatoms. The van der Waals surface area contributed by atoms with Crippen LogP contribution in [0.25, 0.3) is 0 Å². The minimum absolute atomic E-state index is 0.220. The van der Waals surface area contributed by atoms with Crippen LogP contribution in [0.4, 0.5) is 0 Å². The van der Waals surface area contributed by atoms with Crippen LogP contribution in [0.5, 0.6) is 0 Å². The first-order valence-corrected chi connectivity index (χ1v) is 9.52. The molecule has 2 fully saturated rings. The number of nitrogens with zero attached hydrogens (tertiary/aromatic N) is 3. The lowest BCUT2D eigenvalue weighted by Crippen LogP contribution is -2.48. The molecule has 2 aliphatic rings. The van der Waals surface area contributed by atoms with Gasteiger partial charge in [0.2, 0.25) is 11.8 Å². The van der Waals surface area contributed by atoms with Crippen LogP contribution in [-0.2, 0) is 16.1 Å². The highest BCUT2D eigenvalue weighted by atomic mass is 35.5. The fraction of sp³-hybridized carbons (Fsp3) is 0.579. The zero-order valence-electron chi connectivity index (χ0n) is 14.6. The molecule has 2 aliphatic heterocycles. The van der Waals surface area contributed by atoms with Gasteiger partial charge in [-0.3, -0.25) is 14.5 Å². The third-order valence-corrected chi connectivity index (χ3v) is 5.29. The molecule has 3 rings (SSSR count). The van der Waals surface area contributed by atoms with E-state index in [9.17, 15) is 9.59 Å². The minimum atomic E-state index is 0.220. The van der Waals surface area contributed by atoms with Crippen LogP contribution in [0.15, 0.2) is 24.3 Å². The highest BCUT2D eigenvalue weighted by Gasteiger charge is 2.22. The van der Waals surface area contributed by atoms with E-state index in [1.807, 2.05) is 21.9 Å². The Kier molecular flexibility index (Phi) is 6.32.